The molecule has 1 fully saturated rings. The summed E-state index contributed by atoms with van der Waals surface area (Å²) in [7, 11) is 0. The molecule has 5 heteroatoms. The minimum atomic E-state index is 0.0983. The Kier molecular flexibility index (Phi) is 6.23. The van der Waals surface area contributed by atoms with Gasteiger partial charge in [-0.25, -0.2) is 4.98 Å². The standard InChI is InChI=1S/C21H28N4O/c1-3-18-8-6-7-17(2)21(18)23-20(26)10-12-24-13-15-25(16-14-24)19-9-4-5-11-22-19/h4-9,11H,3,10,12-16H2,1-2H3,(H,23,26). The lowest BCUT2D eigenvalue weighted by Crippen LogP contribution is -2.47. The highest BCUT2D eigenvalue weighted by Gasteiger charge is 2.18. The number of para-hydroxylation sites is 1. The Morgan fingerprint density at radius 2 is 1.92 bits per heavy atom. The van der Waals surface area contributed by atoms with Crippen LogP contribution in [0.3, 0.4) is 0 Å². The maximum Gasteiger partial charge on any atom is 0.225 e. The highest BCUT2D eigenvalue weighted by atomic mass is 16.1. The average molecular weight is 352 g/mol. The summed E-state index contributed by atoms with van der Waals surface area (Å²) in [5, 5.41) is 3.12. The highest BCUT2D eigenvalue weighted by molar-refractivity contribution is 5.92. The molecule has 0 aliphatic carbocycles. The van der Waals surface area contributed by atoms with Gasteiger partial charge in [-0.15, -0.1) is 0 Å². The van der Waals surface area contributed by atoms with Crippen LogP contribution in [0.1, 0.15) is 24.5 Å². The molecular weight excluding hydrogens is 324 g/mol. The van der Waals surface area contributed by atoms with Crippen LogP contribution in [0.5, 0.6) is 0 Å². The molecule has 1 amide bonds. The van der Waals surface area contributed by atoms with Crippen molar-refractivity contribution >= 4 is 17.4 Å². The van der Waals surface area contributed by atoms with Gasteiger partial charge in [-0.1, -0.05) is 31.2 Å². The van der Waals surface area contributed by atoms with Crippen molar-refractivity contribution in [1.82, 2.24) is 9.88 Å². The first-order chi connectivity index (χ1) is 12.7. The lowest BCUT2D eigenvalue weighted by molar-refractivity contribution is -0.116. The molecule has 1 N–H and O–H groups in total. The molecule has 0 bridgehead atoms. The molecule has 1 saturated heterocycles. The Bertz CT molecular complexity index is 724. The lowest BCUT2D eigenvalue weighted by atomic mass is 10.1. The molecule has 0 radical (unpaired) electrons. The van der Waals surface area contributed by atoms with Gasteiger partial charge in [0.05, 0.1) is 0 Å². The molecule has 3 rings (SSSR count). The summed E-state index contributed by atoms with van der Waals surface area (Å²) in [5.74, 6) is 1.14. The molecule has 1 aromatic carbocycles. The minimum Gasteiger partial charge on any atom is -0.354 e. The van der Waals surface area contributed by atoms with Crippen molar-refractivity contribution < 1.29 is 4.79 Å². The normalized spacial score (nSPS) is 15.1. The quantitative estimate of drug-likeness (QED) is 0.868. The van der Waals surface area contributed by atoms with Gasteiger partial charge < -0.3 is 10.2 Å². The SMILES string of the molecule is CCc1cccc(C)c1NC(=O)CCN1CCN(c2ccccn2)CC1. The van der Waals surface area contributed by atoms with E-state index in [2.05, 4.69) is 39.2 Å². The number of rotatable bonds is 6. The van der Waals surface area contributed by atoms with E-state index < -0.39 is 0 Å². The van der Waals surface area contributed by atoms with E-state index in [0.717, 1.165) is 56.2 Å². The van der Waals surface area contributed by atoms with Gasteiger partial charge in [0, 0.05) is 51.0 Å². The molecule has 0 unspecified atom stereocenters. The lowest BCUT2D eigenvalue weighted by Gasteiger charge is -2.35. The number of carbonyl (C=O) groups is 1. The molecule has 0 saturated carbocycles. The molecule has 1 aromatic heterocycles. The fourth-order valence-electron chi connectivity index (χ4n) is 3.40. The number of aryl methyl sites for hydroxylation is 2. The number of carbonyl (C=O) groups excluding carboxylic acids is 1. The van der Waals surface area contributed by atoms with E-state index in [4.69, 9.17) is 0 Å². The van der Waals surface area contributed by atoms with Crippen molar-refractivity contribution in [2.75, 3.05) is 42.9 Å². The molecule has 26 heavy (non-hydrogen) atoms. The number of hydrogen-bond acceptors (Lipinski definition) is 4. The van der Waals surface area contributed by atoms with Crippen molar-refractivity contribution in [2.45, 2.75) is 26.7 Å². The zero-order chi connectivity index (χ0) is 18.4. The monoisotopic (exact) mass is 352 g/mol. The van der Waals surface area contributed by atoms with Crippen LogP contribution in [0, 0.1) is 6.92 Å². The molecule has 2 aromatic rings. The number of piperazine rings is 1. The van der Waals surface area contributed by atoms with Gasteiger partial charge in [-0.3, -0.25) is 9.69 Å². The Balaban J connectivity index is 1.46. The maximum absolute atomic E-state index is 12.4. The molecular formula is C21H28N4O. The van der Waals surface area contributed by atoms with E-state index in [-0.39, 0.29) is 5.91 Å². The molecule has 5 nitrogen and oxygen atoms in total. The third-order valence-corrected chi connectivity index (χ3v) is 5.01. The van der Waals surface area contributed by atoms with E-state index in [1.807, 2.05) is 37.4 Å². The second-order valence-electron chi connectivity index (χ2n) is 6.78. The van der Waals surface area contributed by atoms with Crippen LogP contribution in [-0.4, -0.2) is 48.5 Å². The second-order valence-corrected chi connectivity index (χ2v) is 6.78. The smallest absolute Gasteiger partial charge is 0.225 e. The topological polar surface area (TPSA) is 48.5 Å². The molecule has 1 aliphatic rings. The summed E-state index contributed by atoms with van der Waals surface area (Å²) in [5.41, 5.74) is 3.31. The van der Waals surface area contributed by atoms with Crippen LogP contribution in [0.2, 0.25) is 0 Å². The van der Waals surface area contributed by atoms with Crippen molar-refractivity contribution in [1.29, 1.82) is 0 Å². The number of aromatic nitrogens is 1. The summed E-state index contributed by atoms with van der Waals surface area (Å²) in [6.07, 6.45) is 3.29. The van der Waals surface area contributed by atoms with Crippen LogP contribution >= 0.6 is 0 Å². The van der Waals surface area contributed by atoms with Gasteiger partial charge in [0.15, 0.2) is 0 Å². The number of nitrogens with one attached hydrogen (secondary N) is 1. The summed E-state index contributed by atoms with van der Waals surface area (Å²) < 4.78 is 0. The fourth-order valence-corrected chi connectivity index (χ4v) is 3.40. The van der Waals surface area contributed by atoms with E-state index >= 15 is 0 Å². The first kappa shape index (κ1) is 18.4. The van der Waals surface area contributed by atoms with Crippen LogP contribution in [0.15, 0.2) is 42.6 Å². The zero-order valence-corrected chi connectivity index (χ0v) is 15.7. The van der Waals surface area contributed by atoms with Gasteiger partial charge in [0.2, 0.25) is 5.91 Å². The van der Waals surface area contributed by atoms with Crippen LogP contribution in [0.25, 0.3) is 0 Å². The number of nitrogens with zero attached hydrogens (tertiary/aromatic N) is 3. The Morgan fingerprint density at radius 3 is 2.62 bits per heavy atom. The van der Waals surface area contributed by atoms with E-state index in [1.165, 1.54) is 5.56 Å². The summed E-state index contributed by atoms with van der Waals surface area (Å²) in [6, 6.07) is 12.2. The van der Waals surface area contributed by atoms with E-state index in [9.17, 15) is 4.79 Å². The third kappa shape index (κ3) is 4.61. The van der Waals surface area contributed by atoms with Crippen LogP contribution in [0.4, 0.5) is 11.5 Å². The van der Waals surface area contributed by atoms with Gasteiger partial charge in [0.25, 0.3) is 0 Å². The molecule has 138 valence electrons. The first-order valence-corrected chi connectivity index (χ1v) is 9.44. The predicted molar refractivity (Wildman–Crippen MR) is 107 cm³/mol. The Hall–Kier alpha value is -2.40. The number of pyridine rings is 1. The van der Waals surface area contributed by atoms with Crippen LogP contribution < -0.4 is 10.2 Å². The van der Waals surface area contributed by atoms with Gasteiger partial charge in [-0.05, 0) is 36.6 Å². The zero-order valence-electron chi connectivity index (χ0n) is 15.7. The molecule has 0 spiro atoms. The van der Waals surface area contributed by atoms with E-state index in [0.29, 0.717) is 6.42 Å². The van der Waals surface area contributed by atoms with E-state index in [1.54, 1.807) is 0 Å². The van der Waals surface area contributed by atoms with Crippen molar-refractivity contribution in [2.24, 2.45) is 0 Å². The van der Waals surface area contributed by atoms with Gasteiger partial charge >= 0.3 is 0 Å². The van der Waals surface area contributed by atoms with Gasteiger partial charge in [0.1, 0.15) is 5.82 Å². The van der Waals surface area contributed by atoms with Crippen molar-refractivity contribution in [3.05, 3.63) is 53.7 Å². The van der Waals surface area contributed by atoms with Crippen molar-refractivity contribution in [3.8, 4) is 0 Å². The molecule has 0 atom stereocenters. The number of amides is 1. The highest BCUT2D eigenvalue weighted by Crippen LogP contribution is 2.21. The summed E-state index contributed by atoms with van der Waals surface area (Å²) in [4.78, 5) is 21.5. The largest absolute Gasteiger partial charge is 0.354 e. The Morgan fingerprint density at radius 1 is 1.12 bits per heavy atom. The number of anilines is 2. The third-order valence-electron chi connectivity index (χ3n) is 5.01. The maximum atomic E-state index is 12.4. The summed E-state index contributed by atoms with van der Waals surface area (Å²) in [6.45, 7) is 8.81. The molecule has 1 aliphatic heterocycles. The number of hydrogen-bond donors (Lipinski definition) is 1. The van der Waals surface area contributed by atoms with Gasteiger partial charge in [-0.2, -0.15) is 0 Å². The predicted octanol–water partition coefficient (Wildman–Crippen LogP) is 3.10. The first-order valence-electron chi connectivity index (χ1n) is 9.44. The minimum absolute atomic E-state index is 0.0983. The Labute approximate surface area is 156 Å². The number of benzene rings is 1. The average Bonchev–Trinajstić information content (AvgIpc) is 2.69. The van der Waals surface area contributed by atoms with Crippen LogP contribution in [-0.2, 0) is 11.2 Å². The fraction of sp³-hybridized carbons (Fsp3) is 0.429. The van der Waals surface area contributed by atoms with Crippen molar-refractivity contribution in [3.63, 3.8) is 0 Å². The second kappa shape index (κ2) is 8.81. The summed E-state index contributed by atoms with van der Waals surface area (Å²) >= 11 is 0. The molecule has 2 heterocycles.